The Kier molecular flexibility index (Phi) is 7.42. The monoisotopic (exact) mass is 679 g/mol. The molecular weight excluding hydrogens is 638 g/mol. The van der Waals surface area contributed by atoms with E-state index in [4.69, 9.17) is 0 Å². The molecule has 2 heterocycles. The highest BCUT2D eigenvalue weighted by molar-refractivity contribution is 6.13. The summed E-state index contributed by atoms with van der Waals surface area (Å²) in [5.74, 6) is -4.20. The van der Waals surface area contributed by atoms with E-state index in [2.05, 4.69) is 11.5 Å². The van der Waals surface area contributed by atoms with Crippen LogP contribution in [0.1, 0.15) is 67.6 Å². The molecule has 9 rings (SSSR count). The van der Waals surface area contributed by atoms with E-state index in [1.807, 2.05) is 97.9 Å². The molecule has 2 aliphatic heterocycles. The Hall–Kier alpha value is -5.24. The molecule has 0 bridgehead atoms. The molecule has 0 spiro atoms. The van der Waals surface area contributed by atoms with Gasteiger partial charge in [0.2, 0.25) is 11.8 Å². The first-order valence-corrected chi connectivity index (χ1v) is 18.4. The summed E-state index contributed by atoms with van der Waals surface area (Å²) in [5, 5.41) is 14.8. The number of benzene rings is 4. The lowest BCUT2D eigenvalue weighted by atomic mass is 9.49. The number of aryl methyl sites for hydroxylation is 1. The topological polar surface area (TPSA) is 107 Å². The number of aromatic hydroxyl groups is 1. The van der Waals surface area contributed by atoms with Crippen molar-refractivity contribution in [3.05, 3.63) is 119 Å². The van der Waals surface area contributed by atoms with Crippen LogP contribution in [0.2, 0.25) is 0 Å². The van der Waals surface area contributed by atoms with Crippen LogP contribution in [0.3, 0.4) is 0 Å². The highest BCUT2D eigenvalue weighted by Gasteiger charge is 2.70. The lowest BCUT2D eigenvalue weighted by Crippen LogP contribution is -2.53. The van der Waals surface area contributed by atoms with Crippen LogP contribution in [0.15, 0.2) is 103 Å². The van der Waals surface area contributed by atoms with Gasteiger partial charge in [0.05, 0.1) is 28.9 Å². The fourth-order valence-electron chi connectivity index (χ4n) is 10.3. The van der Waals surface area contributed by atoms with Gasteiger partial charge in [0, 0.05) is 22.9 Å². The molecule has 4 aromatic rings. The second-order valence-corrected chi connectivity index (χ2v) is 15.2. The summed E-state index contributed by atoms with van der Waals surface area (Å²) in [7, 11) is 0. The lowest BCUT2D eigenvalue weighted by Gasteiger charge is -2.50. The van der Waals surface area contributed by atoms with Crippen molar-refractivity contribution in [2.45, 2.75) is 69.2 Å². The summed E-state index contributed by atoms with van der Waals surface area (Å²) in [6, 6.07) is 28.3. The first-order valence-electron chi connectivity index (χ1n) is 18.4. The van der Waals surface area contributed by atoms with Crippen LogP contribution in [0.5, 0.6) is 5.75 Å². The predicted octanol–water partition coefficient (Wildman–Crippen LogP) is 7.17. The fraction of sp³-hybridized carbons (Fsp3) is 0.349. The number of amides is 4. The molecule has 258 valence electrons. The molecule has 2 saturated heterocycles. The number of hydrogen-bond donors (Lipinski definition) is 2. The molecule has 8 heteroatoms. The van der Waals surface area contributed by atoms with Crippen LogP contribution in [0.4, 0.5) is 5.69 Å². The van der Waals surface area contributed by atoms with E-state index in [9.17, 15) is 19.5 Å². The molecule has 0 radical (unpaired) electrons. The smallest absolute Gasteiger partial charge is 0.260 e. The van der Waals surface area contributed by atoms with Gasteiger partial charge in [0.1, 0.15) is 5.75 Å². The van der Waals surface area contributed by atoms with Gasteiger partial charge in [0.15, 0.2) is 0 Å². The maximum atomic E-state index is 15.4. The molecule has 2 saturated carbocycles. The molecule has 0 aromatic heterocycles. The largest absolute Gasteiger partial charge is 0.507 e. The van der Waals surface area contributed by atoms with E-state index in [-0.39, 0.29) is 35.9 Å². The van der Waals surface area contributed by atoms with Crippen molar-refractivity contribution in [1.29, 1.82) is 0 Å². The number of likely N-dealkylation sites (tertiary alicyclic amines) is 1. The average Bonchev–Trinajstić information content (AvgIpc) is 3.54. The summed E-state index contributed by atoms with van der Waals surface area (Å²) < 4.78 is 0. The second-order valence-electron chi connectivity index (χ2n) is 15.2. The molecule has 51 heavy (non-hydrogen) atoms. The van der Waals surface area contributed by atoms with E-state index in [0.717, 1.165) is 48.6 Å². The highest BCUT2D eigenvalue weighted by Crippen LogP contribution is 2.65. The fourth-order valence-corrected chi connectivity index (χ4v) is 10.3. The minimum Gasteiger partial charge on any atom is -0.507 e. The van der Waals surface area contributed by atoms with E-state index in [0.29, 0.717) is 28.6 Å². The Morgan fingerprint density at radius 3 is 2.25 bits per heavy atom. The van der Waals surface area contributed by atoms with Gasteiger partial charge in [-0.2, -0.15) is 5.01 Å². The van der Waals surface area contributed by atoms with Gasteiger partial charge in [-0.15, -0.1) is 0 Å². The maximum Gasteiger partial charge on any atom is 0.260 e. The van der Waals surface area contributed by atoms with Crippen molar-refractivity contribution in [2.24, 2.45) is 23.7 Å². The molecule has 4 amide bonds. The van der Waals surface area contributed by atoms with Crippen molar-refractivity contribution in [3.63, 3.8) is 0 Å². The number of phenols is 1. The Labute approximate surface area is 297 Å². The molecule has 4 fully saturated rings. The van der Waals surface area contributed by atoms with Gasteiger partial charge in [-0.05, 0) is 61.6 Å². The van der Waals surface area contributed by atoms with Gasteiger partial charge < -0.3 is 5.11 Å². The number of phenolic OH excluding ortho intramolecular Hbond substituents is 1. The minimum absolute atomic E-state index is 0.0543. The van der Waals surface area contributed by atoms with E-state index < -0.39 is 40.9 Å². The zero-order valence-corrected chi connectivity index (χ0v) is 28.6. The highest BCUT2D eigenvalue weighted by atomic mass is 16.3. The van der Waals surface area contributed by atoms with Crippen LogP contribution in [0.25, 0.3) is 10.8 Å². The number of nitrogens with one attached hydrogen (secondary N) is 1. The molecule has 6 atom stereocenters. The van der Waals surface area contributed by atoms with E-state index in [1.165, 1.54) is 5.01 Å². The van der Waals surface area contributed by atoms with Crippen LogP contribution < -0.4 is 5.43 Å². The van der Waals surface area contributed by atoms with Gasteiger partial charge in [0.25, 0.3) is 11.8 Å². The summed E-state index contributed by atoms with van der Waals surface area (Å²) in [6.45, 7) is 1.97. The minimum atomic E-state index is -1.43. The number of anilines is 1. The number of hydrazine groups is 1. The molecule has 5 aliphatic rings. The summed E-state index contributed by atoms with van der Waals surface area (Å²) in [5.41, 5.74) is 5.44. The SMILES string of the molecule is Cc1ccc(NN2C(=O)[C@@H]3C[C@@H]4C(=CC[C@@H]5C(=O)N(C6CCCCC6)C(=O)[C@@H]54)[C@H](c4ccc5ccccc5c4O)[C@]3(c3ccccc3)C2=O)cc1. The number of nitrogens with zero attached hydrogens (tertiary/aromatic N) is 2. The van der Waals surface area contributed by atoms with Crippen molar-refractivity contribution < 1.29 is 24.3 Å². The van der Waals surface area contributed by atoms with Crippen LogP contribution in [-0.4, -0.2) is 44.7 Å². The van der Waals surface area contributed by atoms with Crippen LogP contribution in [0, 0.1) is 30.6 Å². The van der Waals surface area contributed by atoms with Crippen molar-refractivity contribution >= 4 is 40.1 Å². The average molecular weight is 680 g/mol. The number of hydrogen-bond acceptors (Lipinski definition) is 6. The zero-order chi connectivity index (χ0) is 35.0. The van der Waals surface area contributed by atoms with E-state index >= 15 is 4.79 Å². The predicted molar refractivity (Wildman–Crippen MR) is 193 cm³/mol. The van der Waals surface area contributed by atoms with Crippen LogP contribution >= 0.6 is 0 Å². The lowest BCUT2D eigenvalue weighted by molar-refractivity contribution is -0.144. The standard InChI is InChI=1S/C43H41N3O5/c1-25-16-19-28(20-17-25)44-46-40(49)35-24-34-31(22-23-32-36(34)41(50)45(39(32)48)29-13-6-3-7-14-29)37(43(35,42(46)51)27-11-4-2-5-12-27)33-21-18-26-10-8-9-15-30(26)38(33)47/h2,4-5,8-12,15-22,29,32,34-37,44,47H,3,6-7,13-14,23-24H2,1H3/t32-,34+,35-,36-,37+,43+/m0/s1. The first-order chi connectivity index (χ1) is 24.8. The summed E-state index contributed by atoms with van der Waals surface area (Å²) in [4.78, 5) is 60.5. The second kappa shape index (κ2) is 11.9. The normalized spacial score (nSPS) is 29.2. The molecular formula is C43H41N3O5. The Bertz CT molecular complexity index is 2120. The number of imide groups is 2. The summed E-state index contributed by atoms with van der Waals surface area (Å²) in [6.07, 6.45) is 7.42. The van der Waals surface area contributed by atoms with Crippen molar-refractivity contribution in [1.82, 2.24) is 9.91 Å². The van der Waals surface area contributed by atoms with E-state index in [1.54, 1.807) is 4.90 Å². The Morgan fingerprint density at radius 1 is 0.765 bits per heavy atom. The number of fused-ring (bicyclic) bond motifs is 5. The third-order valence-corrected chi connectivity index (χ3v) is 12.6. The quantitative estimate of drug-likeness (QED) is 0.171. The first kappa shape index (κ1) is 31.7. The van der Waals surface area contributed by atoms with Gasteiger partial charge in [-0.1, -0.05) is 115 Å². The zero-order valence-electron chi connectivity index (χ0n) is 28.6. The number of rotatable bonds is 5. The molecule has 8 nitrogen and oxygen atoms in total. The Morgan fingerprint density at radius 2 is 1.49 bits per heavy atom. The summed E-state index contributed by atoms with van der Waals surface area (Å²) >= 11 is 0. The molecule has 0 unspecified atom stereocenters. The molecule has 2 N–H and O–H groups in total. The van der Waals surface area contributed by atoms with Gasteiger partial charge in [-0.25, -0.2) is 0 Å². The third-order valence-electron chi connectivity index (χ3n) is 12.6. The number of carbonyl (C=O) groups excluding carboxylic acids is 4. The number of allylic oxidation sites excluding steroid dienone is 2. The molecule has 3 aliphatic carbocycles. The van der Waals surface area contributed by atoms with Crippen molar-refractivity contribution in [2.75, 3.05) is 5.43 Å². The Balaban J connectivity index is 1.25. The van der Waals surface area contributed by atoms with Crippen molar-refractivity contribution in [3.8, 4) is 5.75 Å². The maximum absolute atomic E-state index is 15.4. The van der Waals surface area contributed by atoms with Gasteiger partial charge >= 0.3 is 0 Å². The van der Waals surface area contributed by atoms with Crippen LogP contribution in [-0.2, 0) is 24.6 Å². The number of carbonyl (C=O) groups is 4. The third kappa shape index (κ3) is 4.57. The molecule has 4 aromatic carbocycles. The van der Waals surface area contributed by atoms with Gasteiger partial charge in [-0.3, -0.25) is 29.5 Å².